The van der Waals surface area contributed by atoms with Gasteiger partial charge in [-0.25, -0.2) is 9.97 Å². The number of hydrogen-bond acceptors (Lipinski definition) is 5. The zero-order valence-electron chi connectivity index (χ0n) is 12.1. The number of aromatic nitrogens is 3. The molecule has 22 heavy (non-hydrogen) atoms. The Bertz CT molecular complexity index is 875. The van der Waals surface area contributed by atoms with Crippen molar-refractivity contribution >= 4 is 33.8 Å². The maximum Gasteiger partial charge on any atom is 0.258 e. The minimum Gasteiger partial charge on any atom is -0.375 e. The van der Waals surface area contributed by atoms with Gasteiger partial charge < -0.3 is 9.72 Å². The van der Waals surface area contributed by atoms with Crippen molar-refractivity contribution in [3.8, 4) is 0 Å². The monoisotopic (exact) mass is 335 g/mol. The van der Waals surface area contributed by atoms with Gasteiger partial charge >= 0.3 is 0 Å². The number of fused-ring (bicyclic) bond motifs is 1. The first kappa shape index (κ1) is 15.1. The minimum absolute atomic E-state index is 0.0375. The van der Waals surface area contributed by atoms with Crippen molar-refractivity contribution in [2.75, 3.05) is 7.11 Å². The number of nitrogens with one attached hydrogen (secondary N) is 1. The number of nitrogens with zero attached hydrogens (tertiary/aromatic N) is 2. The van der Waals surface area contributed by atoms with Gasteiger partial charge in [0.15, 0.2) is 0 Å². The lowest BCUT2D eigenvalue weighted by molar-refractivity contribution is 0.119. The van der Waals surface area contributed by atoms with Crippen molar-refractivity contribution in [1.82, 2.24) is 15.0 Å². The SMILES string of the molecule is COC(C)c1nc(Cc2nc3ccc(Cl)cc3c(=O)[nH]2)cs1. The first-order valence-electron chi connectivity index (χ1n) is 6.72. The Morgan fingerprint density at radius 1 is 1.41 bits per heavy atom. The number of benzene rings is 1. The molecule has 0 saturated heterocycles. The quantitative estimate of drug-likeness (QED) is 0.794. The van der Waals surface area contributed by atoms with Gasteiger partial charge in [0.05, 0.1) is 16.6 Å². The van der Waals surface area contributed by atoms with Gasteiger partial charge in [-0.3, -0.25) is 4.79 Å². The van der Waals surface area contributed by atoms with Gasteiger partial charge in [-0.1, -0.05) is 11.6 Å². The number of rotatable bonds is 4. The van der Waals surface area contributed by atoms with Crippen molar-refractivity contribution in [3.05, 3.63) is 55.5 Å². The molecule has 1 N–H and O–H groups in total. The Kier molecular flexibility index (Phi) is 4.24. The Labute approximate surface area is 136 Å². The molecule has 0 spiro atoms. The van der Waals surface area contributed by atoms with Gasteiger partial charge in [0.2, 0.25) is 0 Å². The Morgan fingerprint density at radius 2 is 2.23 bits per heavy atom. The van der Waals surface area contributed by atoms with E-state index < -0.39 is 0 Å². The van der Waals surface area contributed by atoms with E-state index in [9.17, 15) is 4.79 Å². The van der Waals surface area contributed by atoms with Crippen LogP contribution in [-0.4, -0.2) is 22.1 Å². The molecule has 3 rings (SSSR count). The topological polar surface area (TPSA) is 67.9 Å². The van der Waals surface area contributed by atoms with E-state index in [-0.39, 0.29) is 11.7 Å². The van der Waals surface area contributed by atoms with Crippen LogP contribution in [0.25, 0.3) is 10.9 Å². The number of halogens is 1. The van der Waals surface area contributed by atoms with E-state index in [0.29, 0.717) is 28.2 Å². The maximum absolute atomic E-state index is 12.1. The molecular formula is C15H14ClN3O2S. The van der Waals surface area contributed by atoms with Crippen LogP contribution in [0.3, 0.4) is 0 Å². The van der Waals surface area contributed by atoms with Crippen molar-refractivity contribution in [3.63, 3.8) is 0 Å². The lowest BCUT2D eigenvalue weighted by atomic mass is 10.2. The zero-order valence-corrected chi connectivity index (χ0v) is 13.7. The molecule has 0 fully saturated rings. The van der Waals surface area contributed by atoms with E-state index in [2.05, 4.69) is 15.0 Å². The predicted molar refractivity (Wildman–Crippen MR) is 87.7 cm³/mol. The molecule has 7 heteroatoms. The van der Waals surface area contributed by atoms with Crippen molar-refractivity contribution in [1.29, 1.82) is 0 Å². The Balaban J connectivity index is 1.92. The fourth-order valence-corrected chi connectivity index (χ4v) is 3.13. The fraction of sp³-hybridized carbons (Fsp3) is 0.267. The van der Waals surface area contributed by atoms with E-state index in [1.807, 2.05) is 12.3 Å². The smallest absolute Gasteiger partial charge is 0.258 e. The van der Waals surface area contributed by atoms with Gasteiger partial charge in [-0.05, 0) is 25.1 Å². The molecule has 0 radical (unpaired) electrons. The third-order valence-corrected chi connectivity index (χ3v) is 4.63. The number of hydrogen-bond donors (Lipinski definition) is 1. The molecule has 1 atom stereocenters. The Hall–Kier alpha value is -1.76. The summed E-state index contributed by atoms with van der Waals surface area (Å²) in [4.78, 5) is 23.9. The molecule has 0 aliphatic rings. The van der Waals surface area contributed by atoms with Crippen molar-refractivity contribution in [2.45, 2.75) is 19.4 Å². The van der Waals surface area contributed by atoms with Crippen LogP contribution in [-0.2, 0) is 11.2 Å². The van der Waals surface area contributed by atoms with Gasteiger partial charge in [-0.15, -0.1) is 11.3 Å². The molecule has 5 nitrogen and oxygen atoms in total. The lowest BCUT2D eigenvalue weighted by Crippen LogP contribution is -2.12. The number of H-pyrrole nitrogens is 1. The molecule has 0 aliphatic heterocycles. The van der Waals surface area contributed by atoms with Gasteiger partial charge in [0.1, 0.15) is 16.9 Å². The second-order valence-corrected chi connectivity index (χ2v) is 6.23. The van der Waals surface area contributed by atoms with E-state index in [1.165, 1.54) is 11.3 Å². The van der Waals surface area contributed by atoms with E-state index in [1.54, 1.807) is 25.3 Å². The van der Waals surface area contributed by atoms with Crippen LogP contribution >= 0.6 is 22.9 Å². The van der Waals surface area contributed by atoms with Crippen LogP contribution in [0.15, 0.2) is 28.4 Å². The Morgan fingerprint density at radius 3 is 3.00 bits per heavy atom. The first-order chi connectivity index (χ1) is 10.6. The summed E-state index contributed by atoms with van der Waals surface area (Å²) in [5.41, 5.74) is 1.30. The normalized spacial score (nSPS) is 12.7. The van der Waals surface area contributed by atoms with Crippen LogP contribution in [0.2, 0.25) is 5.02 Å². The van der Waals surface area contributed by atoms with Crippen molar-refractivity contribution < 1.29 is 4.74 Å². The average Bonchev–Trinajstić information content (AvgIpc) is 2.96. The standard InChI is InChI=1S/C15H14ClN3O2S/c1-8(21-2)15-17-10(7-22-15)6-13-18-12-4-3-9(16)5-11(12)14(20)19-13/h3-5,7-8H,6H2,1-2H3,(H,18,19,20). The number of ether oxygens (including phenoxy) is 1. The molecule has 2 aromatic heterocycles. The van der Waals surface area contributed by atoms with Crippen LogP contribution in [0.1, 0.15) is 29.6 Å². The number of aromatic amines is 1. The van der Waals surface area contributed by atoms with Crippen LogP contribution in [0.4, 0.5) is 0 Å². The summed E-state index contributed by atoms with van der Waals surface area (Å²) in [5, 5.41) is 3.87. The molecule has 1 unspecified atom stereocenters. The average molecular weight is 336 g/mol. The van der Waals surface area contributed by atoms with E-state index in [0.717, 1.165) is 10.7 Å². The highest BCUT2D eigenvalue weighted by atomic mass is 35.5. The molecule has 3 aromatic rings. The molecule has 114 valence electrons. The second-order valence-electron chi connectivity index (χ2n) is 4.91. The minimum atomic E-state index is -0.191. The third kappa shape index (κ3) is 3.04. The van der Waals surface area contributed by atoms with Crippen LogP contribution in [0, 0.1) is 0 Å². The van der Waals surface area contributed by atoms with Gasteiger partial charge in [-0.2, -0.15) is 0 Å². The van der Waals surface area contributed by atoms with Crippen LogP contribution in [0.5, 0.6) is 0 Å². The van der Waals surface area contributed by atoms with E-state index >= 15 is 0 Å². The highest BCUT2D eigenvalue weighted by Gasteiger charge is 2.11. The highest BCUT2D eigenvalue weighted by Crippen LogP contribution is 2.21. The molecule has 1 aromatic carbocycles. The summed E-state index contributed by atoms with van der Waals surface area (Å²) in [6.45, 7) is 1.95. The highest BCUT2D eigenvalue weighted by molar-refractivity contribution is 7.09. The molecule has 0 bridgehead atoms. The first-order valence-corrected chi connectivity index (χ1v) is 7.98. The number of thiazole rings is 1. The summed E-state index contributed by atoms with van der Waals surface area (Å²) in [7, 11) is 1.65. The molecule has 0 saturated carbocycles. The summed E-state index contributed by atoms with van der Waals surface area (Å²) < 4.78 is 5.25. The third-order valence-electron chi connectivity index (χ3n) is 3.34. The molecular weight excluding hydrogens is 322 g/mol. The van der Waals surface area contributed by atoms with Crippen LogP contribution < -0.4 is 5.56 Å². The van der Waals surface area contributed by atoms with Gasteiger partial charge in [0, 0.05) is 23.9 Å². The predicted octanol–water partition coefficient (Wildman–Crippen LogP) is 3.33. The van der Waals surface area contributed by atoms with Gasteiger partial charge in [0.25, 0.3) is 5.56 Å². The lowest BCUT2D eigenvalue weighted by Gasteiger charge is -2.04. The molecule has 2 heterocycles. The number of methoxy groups -OCH3 is 1. The summed E-state index contributed by atoms with van der Waals surface area (Å²) in [6.07, 6.45) is 0.435. The molecule has 0 aliphatic carbocycles. The zero-order chi connectivity index (χ0) is 15.7. The van der Waals surface area contributed by atoms with E-state index in [4.69, 9.17) is 16.3 Å². The fourth-order valence-electron chi connectivity index (χ4n) is 2.11. The molecule has 0 amide bonds. The van der Waals surface area contributed by atoms with Crippen molar-refractivity contribution in [2.24, 2.45) is 0 Å². The summed E-state index contributed by atoms with van der Waals surface area (Å²) >= 11 is 7.44. The largest absolute Gasteiger partial charge is 0.375 e. The second kappa shape index (κ2) is 6.16. The summed E-state index contributed by atoms with van der Waals surface area (Å²) in [5.74, 6) is 0.585. The maximum atomic E-state index is 12.1. The summed E-state index contributed by atoms with van der Waals surface area (Å²) in [6, 6.07) is 5.09.